The predicted molar refractivity (Wildman–Crippen MR) is 64.2 cm³/mol. The van der Waals surface area contributed by atoms with Crippen molar-refractivity contribution in [1.29, 1.82) is 0 Å². The summed E-state index contributed by atoms with van der Waals surface area (Å²) in [6.07, 6.45) is -5.39. The van der Waals surface area contributed by atoms with Crippen LogP contribution in [0.4, 0.5) is 17.6 Å². The molecule has 106 valence electrons. The van der Waals surface area contributed by atoms with E-state index >= 15 is 0 Å². The number of pyridine rings is 1. The van der Waals surface area contributed by atoms with Gasteiger partial charge >= 0.3 is 12.3 Å². The Morgan fingerprint density at radius 1 is 1.47 bits per heavy atom. The van der Waals surface area contributed by atoms with Crippen molar-refractivity contribution < 1.29 is 31.8 Å². The van der Waals surface area contributed by atoms with Gasteiger partial charge in [-0.2, -0.15) is 0 Å². The summed E-state index contributed by atoms with van der Waals surface area (Å²) >= 11 is 1.48. The van der Waals surface area contributed by atoms with Crippen LogP contribution in [0.5, 0.6) is 5.75 Å². The van der Waals surface area contributed by atoms with Gasteiger partial charge in [0.25, 0.3) is 0 Å². The fourth-order valence-corrected chi connectivity index (χ4v) is 2.03. The zero-order chi connectivity index (χ0) is 14.6. The van der Waals surface area contributed by atoms with Crippen LogP contribution in [-0.4, -0.2) is 24.4 Å². The van der Waals surface area contributed by atoms with Crippen LogP contribution in [0.25, 0.3) is 0 Å². The van der Waals surface area contributed by atoms with Crippen LogP contribution in [0.1, 0.15) is 11.3 Å². The van der Waals surface area contributed by atoms with Crippen LogP contribution in [-0.2, 0) is 22.6 Å². The number of hydrogen-bond acceptors (Lipinski definition) is 4. The van der Waals surface area contributed by atoms with Gasteiger partial charge in [-0.25, -0.2) is 9.37 Å². The molecule has 0 aliphatic heterocycles. The van der Waals surface area contributed by atoms with Gasteiger partial charge in [-0.15, -0.1) is 13.2 Å². The first-order chi connectivity index (χ1) is 8.76. The number of carbonyl (C=O) groups excluding carboxylic acids is 1. The molecule has 1 rings (SSSR count). The second kappa shape index (κ2) is 6.35. The molecule has 0 radical (unpaired) electrons. The average molecular weight is 393 g/mol. The molecule has 0 spiro atoms. The highest BCUT2D eigenvalue weighted by Crippen LogP contribution is 2.31. The molecule has 0 N–H and O–H groups in total. The third-order valence-electron chi connectivity index (χ3n) is 1.98. The summed E-state index contributed by atoms with van der Waals surface area (Å²) in [6, 6.07) is 1.04. The highest BCUT2D eigenvalue weighted by atomic mass is 127. The number of nitrogens with zero attached hydrogens (tertiary/aromatic N) is 1. The first-order valence-corrected chi connectivity index (χ1v) is 5.91. The van der Waals surface area contributed by atoms with Gasteiger partial charge < -0.3 is 9.47 Å². The zero-order valence-corrected chi connectivity index (χ0v) is 11.7. The van der Waals surface area contributed by atoms with E-state index in [1.165, 1.54) is 22.6 Å². The van der Waals surface area contributed by atoms with Gasteiger partial charge in [0.2, 0.25) is 0 Å². The number of esters is 1. The second-order valence-corrected chi connectivity index (χ2v) is 4.35. The number of ether oxygens (including phenoxy) is 2. The van der Waals surface area contributed by atoms with E-state index in [-0.39, 0.29) is 15.0 Å². The summed E-state index contributed by atoms with van der Waals surface area (Å²) in [5.41, 5.74) is -0.214. The number of aromatic nitrogens is 1. The third-order valence-corrected chi connectivity index (χ3v) is 2.71. The fourth-order valence-electron chi connectivity index (χ4n) is 1.26. The first kappa shape index (κ1) is 15.9. The molecule has 0 unspecified atom stereocenters. The molecule has 1 aromatic rings. The van der Waals surface area contributed by atoms with Crippen molar-refractivity contribution in [2.45, 2.75) is 19.5 Å². The molecule has 9 heteroatoms. The van der Waals surface area contributed by atoms with Crippen molar-refractivity contribution in [2.24, 2.45) is 0 Å². The summed E-state index contributed by atoms with van der Waals surface area (Å²) in [5, 5.41) is 0. The number of hydrogen-bond donors (Lipinski definition) is 0. The van der Waals surface area contributed by atoms with Crippen LogP contribution in [0.2, 0.25) is 0 Å². The third kappa shape index (κ3) is 4.80. The van der Waals surface area contributed by atoms with Gasteiger partial charge in [0.05, 0.1) is 19.2 Å². The Hall–Kier alpha value is -1.13. The van der Waals surface area contributed by atoms with E-state index in [9.17, 15) is 22.4 Å². The highest BCUT2D eigenvalue weighted by Gasteiger charge is 2.34. The Bertz CT molecular complexity index is 479. The van der Waals surface area contributed by atoms with E-state index in [2.05, 4.69) is 14.5 Å². The molecule has 0 amide bonds. The molecule has 0 aliphatic carbocycles. The number of alkyl halides is 4. The standard InChI is InChI=1S/C10H8F4INO3/c1-18-7(17)3-5-2-6(4-11)16-9(15)8(5)19-10(12,13)14/h2H,3-4H2,1H3. The quantitative estimate of drug-likeness (QED) is 0.342. The molecular formula is C10H8F4INO3. The Kier molecular flexibility index (Phi) is 5.32. The van der Waals surface area contributed by atoms with E-state index in [4.69, 9.17) is 0 Å². The van der Waals surface area contributed by atoms with E-state index in [0.29, 0.717) is 0 Å². The van der Waals surface area contributed by atoms with Crippen LogP contribution in [0.3, 0.4) is 0 Å². The average Bonchev–Trinajstić information content (AvgIpc) is 2.31. The lowest BCUT2D eigenvalue weighted by Gasteiger charge is -2.14. The summed E-state index contributed by atoms with van der Waals surface area (Å²) in [5.74, 6) is -1.38. The lowest BCUT2D eigenvalue weighted by atomic mass is 10.1. The summed E-state index contributed by atoms with van der Waals surface area (Å²) in [4.78, 5) is 14.7. The van der Waals surface area contributed by atoms with Crippen molar-refractivity contribution in [3.8, 4) is 5.75 Å². The maximum Gasteiger partial charge on any atom is 0.573 e. The van der Waals surface area contributed by atoms with Crippen LogP contribution < -0.4 is 4.74 Å². The smallest absolute Gasteiger partial charge is 0.469 e. The van der Waals surface area contributed by atoms with Crippen molar-refractivity contribution >= 4 is 28.6 Å². The maximum atomic E-state index is 12.5. The molecular weight excluding hydrogens is 385 g/mol. The predicted octanol–water partition coefficient (Wildman–Crippen LogP) is 2.77. The number of rotatable bonds is 4. The monoisotopic (exact) mass is 393 g/mol. The van der Waals surface area contributed by atoms with Crippen molar-refractivity contribution in [3.63, 3.8) is 0 Å². The first-order valence-electron chi connectivity index (χ1n) is 4.83. The Morgan fingerprint density at radius 3 is 2.58 bits per heavy atom. The van der Waals surface area contributed by atoms with Gasteiger partial charge in [0, 0.05) is 5.56 Å². The molecule has 0 aromatic carbocycles. The molecule has 0 atom stereocenters. The van der Waals surface area contributed by atoms with Crippen molar-refractivity contribution in [1.82, 2.24) is 4.98 Å². The van der Waals surface area contributed by atoms with Crippen molar-refractivity contribution in [3.05, 3.63) is 21.0 Å². The Morgan fingerprint density at radius 2 is 2.11 bits per heavy atom. The topological polar surface area (TPSA) is 48.4 Å². The normalized spacial score (nSPS) is 11.3. The lowest BCUT2D eigenvalue weighted by Crippen LogP contribution is -2.20. The maximum absolute atomic E-state index is 12.5. The highest BCUT2D eigenvalue weighted by molar-refractivity contribution is 14.1. The number of carbonyl (C=O) groups is 1. The van der Waals surface area contributed by atoms with Crippen LogP contribution >= 0.6 is 22.6 Å². The van der Waals surface area contributed by atoms with E-state index in [1.54, 1.807) is 0 Å². The van der Waals surface area contributed by atoms with Gasteiger partial charge in [0.1, 0.15) is 10.4 Å². The Labute approximate surface area is 119 Å². The molecule has 0 bridgehead atoms. The second-order valence-electron chi connectivity index (χ2n) is 3.33. The lowest BCUT2D eigenvalue weighted by molar-refractivity contribution is -0.275. The molecule has 1 aromatic heterocycles. The molecule has 19 heavy (non-hydrogen) atoms. The van der Waals surface area contributed by atoms with Gasteiger partial charge in [-0.05, 0) is 28.7 Å². The van der Waals surface area contributed by atoms with Crippen LogP contribution in [0, 0.1) is 3.70 Å². The summed E-state index contributed by atoms with van der Waals surface area (Å²) in [7, 11) is 1.09. The summed E-state index contributed by atoms with van der Waals surface area (Å²) in [6.45, 7) is -0.962. The number of methoxy groups -OCH3 is 1. The van der Waals surface area contributed by atoms with E-state index in [1.807, 2.05) is 0 Å². The summed E-state index contributed by atoms with van der Waals surface area (Å²) < 4.78 is 57.3. The molecule has 0 aliphatic rings. The molecule has 4 nitrogen and oxygen atoms in total. The van der Waals surface area contributed by atoms with Gasteiger partial charge in [-0.1, -0.05) is 0 Å². The minimum atomic E-state index is -4.93. The molecule has 1 heterocycles. The minimum Gasteiger partial charge on any atom is -0.469 e. The van der Waals surface area contributed by atoms with Crippen LogP contribution in [0.15, 0.2) is 6.07 Å². The largest absolute Gasteiger partial charge is 0.573 e. The minimum absolute atomic E-state index is 0.0853. The van der Waals surface area contributed by atoms with Crippen molar-refractivity contribution in [2.75, 3.05) is 7.11 Å². The van der Waals surface area contributed by atoms with E-state index < -0.39 is 31.2 Å². The number of halogens is 5. The molecule has 0 saturated carbocycles. The van der Waals surface area contributed by atoms with Gasteiger partial charge in [0.15, 0.2) is 5.75 Å². The molecule has 0 fully saturated rings. The fraction of sp³-hybridized carbons (Fsp3) is 0.400. The zero-order valence-electron chi connectivity index (χ0n) is 9.55. The SMILES string of the molecule is COC(=O)Cc1cc(CF)nc(I)c1OC(F)(F)F. The Balaban J connectivity index is 3.21. The van der Waals surface area contributed by atoms with E-state index in [0.717, 1.165) is 13.2 Å². The van der Waals surface area contributed by atoms with Gasteiger partial charge in [-0.3, -0.25) is 4.79 Å². The molecule has 0 saturated heterocycles.